The average Bonchev–Trinajstić information content (AvgIpc) is 3.18. The molecule has 0 bridgehead atoms. The number of pyridine rings is 1. The molecular weight excluding hydrogens is 388 g/mol. The number of aryl methyl sites for hydroxylation is 1. The van der Waals surface area contributed by atoms with Crippen molar-refractivity contribution >= 4 is 33.5 Å². The van der Waals surface area contributed by atoms with Gasteiger partial charge in [0.2, 0.25) is 0 Å². The van der Waals surface area contributed by atoms with Crippen molar-refractivity contribution in [1.29, 1.82) is 0 Å². The first-order valence-corrected chi connectivity index (χ1v) is 10.7. The number of benzene rings is 2. The van der Waals surface area contributed by atoms with E-state index < -0.39 is 0 Å². The number of likely N-dealkylation sites (tertiary alicyclic amines) is 1. The van der Waals surface area contributed by atoms with Gasteiger partial charge in [0.15, 0.2) is 0 Å². The van der Waals surface area contributed by atoms with Crippen LogP contribution in [0.5, 0.6) is 0 Å². The Morgan fingerprint density at radius 3 is 2.87 bits per heavy atom. The normalized spacial score (nSPS) is 16.8. The molecular formula is C25H26N4O2. The fourth-order valence-electron chi connectivity index (χ4n) is 4.86. The van der Waals surface area contributed by atoms with Crippen molar-refractivity contribution in [2.75, 3.05) is 12.3 Å². The molecule has 1 amide bonds. The van der Waals surface area contributed by atoms with E-state index in [2.05, 4.69) is 40.0 Å². The summed E-state index contributed by atoms with van der Waals surface area (Å²) in [5.41, 5.74) is 10.2. The lowest BCUT2D eigenvalue weighted by Gasteiger charge is -2.36. The van der Waals surface area contributed by atoms with E-state index in [4.69, 9.17) is 5.73 Å². The Morgan fingerprint density at radius 2 is 2.03 bits per heavy atom. The number of nitrogen functional groups attached to an aromatic ring is 1. The number of amides is 1. The number of fused-ring (bicyclic) bond motifs is 2. The zero-order valence-electron chi connectivity index (χ0n) is 17.6. The summed E-state index contributed by atoms with van der Waals surface area (Å²) in [6, 6.07) is 15.7. The number of aromatic nitrogens is 2. The van der Waals surface area contributed by atoms with E-state index >= 15 is 0 Å². The number of anilines is 1. The second-order valence-electron chi connectivity index (χ2n) is 8.31. The summed E-state index contributed by atoms with van der Waals surface area (Å²) in [4.78, 5) is 20.0. The second-order valence-corrected chi connectivity index (χ2v) is 8.31. The molecule has 1 atom stereocenters. The molecule has 0 spiro atoms. The molecule has 6 nitrogen and oxygen atoms in total. The lowest BCUT2D eigenvalue weighted by molar-refractivity contribution is 0.0613. The zero-order valence-corrected chi connectivity index (χ0v) is 17.6. The molecule has 5 rings (SSSR count). The van der Waals surface area contributed by atoms with Crippen LogP contribution >= 0.6 is 0 Å². The van der Waals surface area contributed by atoms with Crippen molar-refractivity contribution in [1.82, 2.24) is 14.5 Å². The van der Waals surface area contributed by atoms with Crippen molar-refractivity contribution in [2.45, 2.75) is 31.9 Å². The molecule has 2 aromatic heterocycles. The third kappa shape index (κ3) is 3.33. The maximum Gasteiger partial charge on any atom is 0.254 e. The number of hydrogen-bond acceptors (Lipinski definition) is 4. The Morgan fingerprint density at radius 1 is 1.16 bits per heavy atom. The lowest BCUT2D eigenvalue weighted by Crippen LogP contribution is -2.38. The zero-order chi connectivity index (χ0) is 21.5. The predicted octanol–water partition coefficient (Wildman–Crippen LogP) is 4.17. The number of carbonyl (C=O) groups excluding carboxylic acids is 1. The van der Waals surface area contributed by atoms with Gasteiger partial charge in [0, 0.05) is 41.6 Å². The van der Waals surface area contributed by atoms with Crippen molar-refractivity contribution in [3.8, 4) is 0 Å². The van der Waals surface area contributed by atoms with Gasteiger partial charge in [-0.2, -0.15) is 0 Å². The van der Waals surface area contributed by atoms with Crippen LogP contribution in [-0.2, 0) is 13.7 Å². The minimum absolute atomic E-state index is 0.0141. The van der Waals surface area contributed by atoms with Gasteiger partial charge in [0.25, 0.3) is 5.91 Å². The van der Waals surface area contributed by atoms with Crippen LogP contribution < -0.4 is 5.73 Å². The number of rotatable bonds is 3. The van der Waals surface area contributed by atoms with Crippen LogP contribution in [-0.4, -0.2) is 32.0 Å². The van der Waals surface area contributed by atoms with Gasteiger partial charge >= 0.3 is 0 Å². The predicted molar refractivity (Wildman–Crippen MR) is 123 cm³/mol. The highest BCUT2D eigenvalue weighted by molar-refractivity contribution is 5.99. The summed E-state index contributed by atoms with van der Waals surface area (Å²) < 4.78 is 2.12. The minimum Gasteiger partial charge on any atom is -0.392 e. The van der Waals surface area contributed by atoms with E-state index in [0.29, 0.717) is 22.5 Å². The number of aliphatic hydroxyl groups excluding tert-OH is 1. The maximum atomic E-state index is 13.6. The molecule has 0 aliphatic carbocycles. The quantitative estimate of drug-likeness (QED) is 0.527. The molecule has 1 aliphatic rings. The van der Waals surface area contributed by atoms with E-state index in [1.807, 2.05) is 30.1 Å². The molecule has 31 heavy (non-hydrogen) atoms. The number of carbonyl (C=O) groups is 1. The van der Waals surface area contributed by atoms with Gasteiger partial charge in [0.05, 0.1) is 18.2 Å². The highest BCUT2D eigenvalue weighted by Crippen LogP contribution is 2.36. The first-order chi connectivity index (χ1) is 15.1. The molecule has 3 heterocycles. The standard InChI is InChI=1S/C25H26N4O2/c1-28-12-10-19-18(5-4-7-22(19)28)23-6-2-3-11-29(23)25(31)16-8-9-21-20(13-16)17(15-30)14-24(26)27-21/h4-5,7-10,12-14,23,30H,2-3,6,11,15H2,1H3,(H2,26,27). The van der Waals surface area contributed by atoms with Crippen molar-refractivity contribution in [2.24, 2.45) is 7.05 Å². The second kappa shape index (κ2) is 7.71. The van der Waals surface area contributed by atoms with Crippen LogP contribution in [0.25, 0.3) is 21.8 Å². The van der Waals surface area contributed by atoms with E-state index in [9.17, 15) is 9.90 Å². The van der Waals surface area contributed by atoms with Crippen LogP contribution in [0.1, 0.15) is 46.8 Å². The third-order valence-corrected chi connectivity index (χ3v) is 6.42. The fourth-order valence-corrected chi connectivity index (χ4v) is 4.86. The summed E-state index contributed by atoms with van der Waals surface area (Å²) in [5.74, 6) is 0.378. The van der Waals surface area contributed by atoms with Crippen molar-refractivity contribution < 1.29 is 9.90 Å². The number of nitrogens with two attached hydrogens (primary N) is 1. The fraction of sp³-hybridized carbons (Fsp3) is 0.280. The topological polar surface area (TPSA) is 84.4 Å². The Bertz CT molecular complexity index is 1290. The van der Waals surface area contributed by atoms with E-state index in [1.54, 1.807) is 6.07 Å². The van der Waals surface area contributed by atoms with E-state index in [1.165, 1.54) is 16.5 Å². The SMILES string of the molecule is Cn1ccc2c(C3CCCCN3C(=O)c3ccc4nc(N)cc(CO)c4c3)cccc21. The molecule has 158 valence electrons. The molecule has 6 heteroatoms. The van der Waals surface area contributed by atoms with E-state index in [0.717, 1.165) is 31.2 Å². The molecule has 1 fully saturated rings. The van der Waals surface area contributed by atoms with Crippen LogP contribution in [0.3, 0.4) is 0 Å². The summed E-state index contributed by atoms with van der Waals surface area (Å²) in [6.07, 6.45) is 5.13. The summed E-state index contributed by atoms with van der Waals surface area (Å²) >= 11 is 0. The lowest BCUT2D eigenvalue weighted by atomic mass is 9.92. The number of piperidine rings is 1. The van der Waals surface area contributed by atoms with Gasteiger partial charge in [-0.15, -0.1) is 0 Å². The highest BCUT2D eigenvalue weighted by Gasteiger charge is 2.30. The van der Waals surface area contributed by atoms with E-state index in [-0.39, 0.29) is 18.6 Å². The van der Waals surface area contributed by atoms with Gasteiger partial charge in [0.1, 0.15) is 5.82 Å². The van der Waals surface area contributed by atoms with Gasteiger partial charge in [-0.1, -0.05) is 12.1 Å². The van der Waals surface area contributed by atoms with Crippen LogP contribution in [0.4, 0.5) is 5.82 Å². The molecule has 1 saturated heterocycles. The number of hydrogen-bond donors (Lipinski definition) is 2. The molecule has 3 N–H and O–H groups in total. The number of nitrogens with zero attached hydrogens (tertiary/aromatic N) is 3. The molecule has 1 aliphatic heterocycles. The van der Waals surface area contributed by atoms with Crippen molar-refractivity contribution in [3.63, 3.8) is 0 Å². The largest absolute Gasteiger partial charge is 0.392 e. The minimum atomic E-state index is -0.150. The van der Waals surface area contributed by atoms with Crippen LogP contribution in [0.2, 0.25) is 0 Å². The van der Waals surface area contributed by atoms with Gasteiger partial charge < -0.3 is 20.3 Å². The summed E-state index contributed by atoms with van der Waals surface area (Å²) in [7, 11) is 2.05. The maximum absolute atomic E-state index is 13.6. The first-order valence-electron chi connectivity index (χ1n) is 10.7. The Kier molecular flexibility index (Phi) is 4.87. The molecule has 0 radical (unpaired) electrons. The third-order valence-electron chi connectivity index (χ3n) is 6.42. The molecule has 1 unspecified atom stereocenters. The van der Waals surface area contributed by atoms with Crippen LogP contribution in [0.15, 0.2) is 54.7 Å². The molecule has 4 aromatic rings. The van der Waals surface area contributed by atoms with Crippen molar-refractivity contribution in [3.05, 3.63) is 71.4 Å². The Balaban J connectivity index is 1.56. The van der Waals surface area contributed by atoms with Gasteiger partial charge in [-0.05, 0) is 66.8 Å². The smallest absolute Gasteiger partial charge is 0.254 e. The van der Waals surface area contributed by atoms with Crippen LogP contribution in [0, 0.1) is 0 Å². The number of aliphatic hydroxyl groups is 1. The first kappa shape index (κ1) is 19.6. The molecule has 2 aromatic carbocycles. The highest BCUT2D eigenvalue weighted by atomic mass is 16.3. The molecule has 0 saturated carbocycles. The van der Waals surface area contributed by atoms with Gasteiger partial charge in [-0.25, -0.2) is 4.98 Å². The van der Waals surface area contributed by atoms with Gasteiger partial charge in [-0.3, -0.25) is 4.79 Å². The summed E-state index contributed by atoms with van der Waals surface area (Å²) in [5, 5.41) is 11.7. The Hall–Kier alpha value is -3.38. The summed E-state index contributed by atoms with van der Waals surface area (Å²) in [6.45, 7) is 0.584. The monoisotopic (exact) mass is 414 g/mol. The Labute approximate surface area is 180 Å². The average molecular weight is 415 g/mol.